The normalized spacial score (nSPS) is 10.5. The van der Waals surface area contributed by atoms with Crippen LogP contribution in [0.2, 0.25) is 0 Å². The summed E-state index contributed by atoms with van der Waals surface area (Å²) >= 11 is 0. The first-order valence-corrected chi connectivity index (χ1v) is 8.82. The minimum atomic E-state index is -0.476. The lowest BCUT2D eigenvalue weighted by Gasteiger charge is -2.08. The number of methoxy groups -OCH3 is 1. The Bertz CT molecular complexity index is 1090. The minimum absolute atomic E-state index is 0.345. The Morgan fingerprint density at radius 3 is 2.29 bits per heavy atom. The van der Waals surface area contributed by atoms with E-state index in [1.807, 2.05) is 60.7 Å². The average molecular weight is 370 g/mol. The lowest BCUT2D eigenvalue weighted by atomic mass is 10.2. The summed E-state index contributed by atoms with van der Waals surface area (Å²) in [4.78, 5) is 12.7. The molecule has 0 aliphatic carbocycles. The fourth-order valence-electron chi connectivity index (χ4n) is 2.84. The molecule has 0 radical (unpaired) electrons. The van der Waals surface area contributed by atoms with Crippen molar-refractivity contribution >= 4 is 5.97 Å². The maximum absolute atomic E-state index is 12.7. The van der Waals surface area contributed by atoms with Gasteiger partial charge < -0.3 is 9.47 Å². The largest absolute Gasteiger partial charge is 0.497 e. The van der Waals surface area contributed by atoms with Gasteiger partial charge in [0.15, 0.2) is 0 Å². The van der Waals surface area contributed by atoms with Crippen LogP contribution >= 0.6 is 0 Å². The van der Waals surface area contributed by atoms with Crippen LogP contribution in [-0.4, -0.2) is 22.9 Å². The van der Waals surface area contributed by atoms with Gasteiger partial charge in [0.05, 0.1) is 24.1 Å². The van der Waals surface area contributed by atoms with Gasteiger partial charge in [-0.2, -0.15) is 5.10 Å². The molecule has 0 aliphatic heterocycles. The number of carbonyl (C=O) groups excluding carboxylic acids is 1. The van der Waals surface area contributed by atoms with Gasteiger partial charge in [-0.15, -0.1) is 0 Å². The Balaban J connectivity index is 1.72. The van der Waals surface area contributed by atoms with E-state index < -0.39 is 5.97 Å². The van der Waals surface area contributed by atoms with Crippen LogP contribution in [0.4, 0.5) is 0 Å². The van der Waals surface area contributed by atoms with E-state index >= 15 is 0 Å². The van der Waals surface area contributed by atoms with Crippen LogP contribution < -0.4 is 9.47 Å². The third-order valence-corrected chi connectivity index (χ3v) is 4.25. The number of carbonyl (C=O) groups is 1. The van der Waals surface area contributed by atoms with Crippen LogP contribution in [0.1, 0.15) is 10.4 Å². The molecule has 1 heterocycles. The molecule has 138 valence electrons. The molecule has 4 rings (SSSR count). The van der Waals surface area contributed by atoms with Gasteiger partial charge in [-0.05, 0) is 30.3 Å². The zero-order valence-electron chi connectivity index (χ0n) is 15.3. The second-order valence-corrected chi connectivity index (χ2v) is 6.10. The molecule has 5 heteroatoms. The van der Waals surface area contributed by atoms with E-state index in [0.717, 1.165) is 16.9 Å². The minimum Gasteiger partial charge on any atom is -0.497 e. The molecule has 0 spiro atoms. The Morgan fingerprint density at radius 2 is 1.57 bits per heavy atom. The number of hydrogen-bond acceptors (Lipinski definition) is 4. The number of aromatic nitrogens is 2. The van der Waals surface area contributed by atoms with Crippen LogP contribution in [-0.2, 0) is 0 Å². The lowest BCUT2D eigenvalue weighted by Crippen LogP contribution is -2.11. The molecule has 0 saturated carbocycles. The third-order valence-electron chi connectivity index (χ3n) is 4.25. The monoisotopic (exact) mass is 370 g/mol. The average Bonchev–Trinajstić information content (AvgIpc) is 3.19. The van der Waals surface area contributed by atoms with E-state index in [1.54, 1.807) is 42.1 Å². The van der Waals surface area contributed by atoms with Crippen LogP contribution in [0.15, 0.2) is 91.0 Å². The number of para-hydroxylation sites is 1. The highest BCUT2D eigenvalue weighted by Gasteiger charge is 2.17. The quantitative estimate of drug-likeness (QED) is 0.475. The summed E-state index contributed by atoms with van der Waals surface area (Å²) in [5.74, 6) is 0.462. The van der Waals surface area contributed by atoms with Gasteiger partial charge in [0.2, 0.25) is 5.88 Å². The van der Waals surface area contributed by atoms with E-state index in [1.165, 1.54) is 0 Å². The van der Waals surface area contributed by atoms with Crippen LogP contribution in [0.25, 0.3) is 16.9 Å². The zero-order valence-corrected chi connectivity index (χ0v) is 15.3. The summed E-state index contributed by atoms with van der Waals surface area (Å²) in [6.07, 6.45) is 0. The third kappa shape index (κ3) is 3.64. The Morgan fingerprint density at radius 1 is 0.857 bits per heavy atom. The molecule has 0 amide bonds. The molecule has 0 aliphatic rings. The van der Waals surface area contributed by atoms with Crippen molar-refractivity contribution in [2.75, 3.05) is 7.11 Å². The summed E-state index contributed by atoms with van der Waals surface area (Å²) in [6, 6.07) is 27.9. The summed E-state index contributed by atoms with van der Waals surface area (Å²) < 4.78 is 12.5. The predicted molar refractivity (Wildman–Crippen MR) is 107 cm³/mol. The van der Waals surface area contributed by atoms with Crippen LogP contribution in [0, 0.1) is 0 Å². The zero-order chi connectivity index (χ0) is 19.3. The van der Waals surface area contributed by atoms with Crippen molar-refractivity contribution in [2.45, 2.75) is 0 Å². The van der Waals surface area contributed by atoms with Gasteiger partial charge in [-0.25, -0.2) is 9.48 Å². The fraction of sp³-hybridized carbons (Fsp3) is 0.0435. The molecule has 0 unspecified atom stereocenters. The molecular formula is C23H18N2O3. The summed E-state index contributed by atoms with van der Waals surface area (Å²) in [5, 5.41) is 4.65. The maximum atomic E-state index is 12.7. The molecular weight excluding hydrogens is 352 g/mol. The molecule has 0 atom stereocenters. The van der Waals surface area contributed by atoms with Gasteiger partial charge in [-0.1, -0.05) is 54.6 Å². The van der Waals surface area contributed by atoms with Gasteiger partial charge in [-0.3, -0.25) is 0 Å². The number of ether oxygens (including phenoxy) is 2. The molecule has 0 saturated heterocycles. The second-order valence-electron chi connectivity index (χ2n) is 6.10. The van der Waals surface area contributed by atoms with Crippen molar-refractivity contribution in [1.82, 2.24) is 9.78 Å². The topological polar surface area (TPSA) is 53.4 Å². The van der Waals surface area contributed by atoms with Gasteiger partial charge in [0.1, 0.15) is 5.75 Å². The predicted octanol–water partition coefficient (Wildman–Crippen LogP) is 4.77. The SMILES string of the molecule is COc1cccc(C(=O)Oc2cc(-c3ccccc3)nn2-c2ccccc2)c1. The Hall–Kier alpha value is -3.86. The van der Waals surface area contributed by atoms with Crippen LogP contribution in [0.5, 0.6) is 11.6 Å². The lowest BCUT2D eigenvalue weighted by molar-refractivity contribution is 0.0722. The molecule has 0 bridgehead atoms. The number of hydrogen-bond donors (Lipinski definition) is 0. The van der Waals surface area contributed by atoms with Crippen molar-refractivity contribution in [2.24, 2.45) is 0 Å². The summed E-state index contributed by atoms with van der Waals surface area (Å²) in [7, 11) is 1.56. The molecule has 3 aromatic carbocycles. The van der Waals surface area contributed by atoms with Crippen LogP contribution in [0.3, 0.4) is 0 Å². The fourth-order valence-corrected chi connectivity index (χ4v) is 2.84. The molecule has 0 N–H and O–H groups in total. The molecule has 5 nitrogen and oxygen atoms in total. The molecule has 0 fully saturated rings. The number of rotatable bonds is 5. The van der Waals surface area contributed by atoms with Crippen molar-refractivity contribution in [3.63, 3.8) is 0 Å². The number of nitrogens with zero attached hydrogens (tertiary/aromatic N) is 2. The highest BCUT2D eigenvalue weighted by molar-refractivity contribution is 5.91. The summed E-state index contributed by atoms with van der Waals surface area (Å²) in [5.41, 5.74) is 2.87. The molecule has 1 aromatic heterocycles. The van der Waals surface area contributed by atoms with Gasteiger partial charge >= 0.3 is 5.97 Å². The van der Waals surface area contributed by atoms with E-state index in [4.69, 9.17) is 9.47 Å². The number of benzene rings is 3. The van der Waals surface area contributed by atoms with Gasteiger partial charge in [0, 0.05) is 11.6 Å². The molecule has 4 aromatic rings. The maximum Gasteiger partial charge on any atom is 0.344 e. The second kappa shape index (κ2) is 7.80. The van der Waals surface area contributed by atoms with E-state index in [9.17, 15) is 4.79 Å². The smallest absolute Gasteiger partial charge is 0.344 e. The Kier molecular flexibility index (Phi) is 4.89. The molecule has 28 heavy (non-hydrogen) atoms. The highest BCUT2D eigenvalue weighted by Crippen LogP contribution is 2.27. The van der Waals surface area contributed by atoms with E-state index in [2.05, 4.69) is 5.10 Å². The first kappa shape index (κ1) is 17.5. The van der Waals surface area contributed by atoms with Crippen molar-refractivity contribution in [3.8, 4) is 28.6 Å². The Labute approximate surface area is 162 Å². The first-order valence-electron chi connectivity index (χ1n) is 8.82. The standard InChI is InChI=1S/C23H18N2O3/c1-27-20-14-8-11-18(15-20)23(26)28-22-16-21(17-9-4-2-5-10-17)24-25(22)19-12-6-3-7-13-19/h2-16H,1H3. The van der Waals surface area contributed by atoms with E-state index in [-0.39, 0.29) is 0 Å². The van der Waals surface area contributed by atoms with E-state index in [0.29, 0.717) is 17.2 Å². The number of esters is 1. The van der Waals surface area contributed by atoms with Gasteiger partial charge in [0.25, 0.3) is 0 Å². The highest BCUT2D eigenvalue weighted by atomic mass is 16.5. The van der Waals surface area contributed by atoms with Crippen molar-refractivity contribution in [1.29, 1.82) is 0 Å². The summed E-state index contributed by atoms with van der Waals surface area (Å²) in [6.45, 7) is 0. The van der Waals surface area contributed by atoms with Crippen molar-refractivity contribution < 1.29 is 14.3 Å². The van der Waals surface area contributed by atoms with Crippen molar-refractivity contribution in [3.05, 3.63) is 96.6 Å². The first-order chi connectivity index (χ1) is 13.7.